The highest BCUT2D eigenvalue weighted by molar-refractivity contribution is 6.04. The monoisotopic (exact) mass is 270 g/mol. The fourth-order valence-electron chi connectivity index (χ4n) is 1.52. The van der Waals surface area contributed by atoms with Gasteiger partial charge in [0.2, 0.25) is 0 Å². The van der Waals surface area contributed by atoms with E-state index in [9.17, 15) is 9.59 Å². The van der Waals surface area contributed by atoms with Crippen LogP contribution in [0.3, 0.4) is 0 Å². The first-order valence-corrected chi connectivity index (χ1v) is 6.21. The summed E-state index contributed by atoms with van der Waals surface area (Å²) in [5, 5.41) is 2.72. The molecule has 0 unspecified atom stereocenters. The highest BCUT2D eigenvalue weighted by Crippen LogP contribution is 2.14. The molecule has 2 rings (SSSR count). The van der Waals surface area contributed by atoms with E-state index in [1.807, 2.05) is 0 Å². The van der Waals surface area contributed by atoms with Crippen LogP contribution in [-0.4, -0.2) is 16.9 Å². The number of amides is 1. The van der Waals surface area contributed by atoms with Crippen molar-refractivity contribution in [1.82, 2.24) is 4.98 Å². The minimum Gasteiger partial charge on any atom is -0.427 e. The summed E-state index contributed by atoms with van der Waals surface area (Å²) in [4.78, 5) is 27.0. The van der Waals surface area contributed by atoms with E-state index in [1.54, 1.807) is 55.7 Å². The quantitative estimate of drug-likeness (QED) is 0.685. The van der Waals surface area contributed by atoms with Crippen LogP contribution in [0.2, 0.25) is 0 Å². The molecule has 0 fully saturated rings. The highest BCUT2D eigenvalue weighted by Gasteiger charge is 2.07. The van der Waals surface area contributed by atoms with Gasteiger partial charge in [0, 0.05) is 18.2 Å². The van der Waals surface area contributed by atoms with Crippen LogP contribution in [-0.2, 0) is 4.79 Å². The number of anilines is 1. The van der Waals surface area contributed by atoms with Crippen molar-refractivity contribution in [1.29, 1.82) is 0 Å². The summed E-state index contributed by atoms with van der Waals surface area (Å²) < 4.78 is 5.04. The fourth-order valence-corrected chi connectivity index (χ4v) is 1.52. The van der Waals surface area contributed by atoms with Crippen molar-refractivity contribution >= 4 is 17.6 Å². The topological polar surface area (TPSA) is 68.3 Å². The number of esters is 1. The van der Waals surface area contributed by atoms with Crippen LogP contribution in [0.4, 0.5) is 5.69 Å². The largest absolute Gasteiger partial charge is 0.427 e. The Morgan fingerprint density at radius 3 is 2.55 bits per heavy atom. The molecule has 0 aliphatic heterocycles. The standard InChI is InChI=1S/C15H14N2O3/c1-2-14(18)20-13-7-5-11(6-8-13)15(19)17-12-4-3-9-16-10-12/h3-10H,2H2,1H3,(H,17,19). The number of hydrogen-bond donors (Lipinski definition) is 1. The number of carbonyl (C=O) groups excluding carboxylic acids is 2. The summed E-state index contributed by atoms with van der Waals surface area (Å²) in [6.07, 6.45) is 3.51. The maximum atomic E-state index is 12.0. The maximum Gasteiger partial charge on any atom is 0.310 e. The molecule has 1 aromatic heterocycles. The molecule has 1 aromatic carbocycles. The lowest BCUT2D eigenvalue weighted by Gasteiger charge is -2.06. The van der Waals surface area contributed by atoms with Crippen LogP contribution >= 0.6 is 0 Å². The minimum atomic E-state index is -0.308. The number of nitrogens with one attached hydrogen (secondary N) is 1. The van der Waals surface area contributed by atoms with Crippen LogP contribution in [0.15, 0.2) is 48.8 Å². The Balaban J connectivity index is 2.02. The number of hydrogen-bond acceptors (Lipinski definition) is 4. The van der Waals surface area contributed by atoms with Gasteiger partial charge in [-0.15, -0.1) is 0 Å². The average molecular weight is 270 g/mol. The van der Waals surface area contributed by atoms with Crippen LogP contribution in [0.25, 0.3) is 0 Å². The first kappa shape index (κ1) is 13.7. The number of nitrogens with zero attached hydrogens (tertiary/aromatic N) is 1. The second-order valence-corrected chi connectivity index (χ2v) is 4.05. The molecule has 0 radical (unpaired) electrons. The number of pyridine rings is 1. The second-order valence-electron chi connectivity index (χ2n) is 4.05. The molecule has 0 aliphatic carbocycles. The summed E-state index contributed by atoms with van der Waals surface area (Å²) in [5.74, 6) is -0.126. The minimum absolute atomic E-state index is 0.244. The summed E-state index contributed by atoms with van der Waals surface area (Å²) in [6.45, 7) is 1.72. The van der Waals surface area contributed by atoms with Gasteiger partial charge in [-0.2, -0.15) is 0 Å². The van der Waals surface area contributed by atoms with Crippen LogP contribution in [0, 0.1) is 0 Å². The molecular formula is C15H14N2O3. The lowest BCUT2D eigenvalue weighted by molar-refractivity contribution is -0.134. The molecule has 0 aliphatic rings. The van der Waals surface area contributed by atoms with Gasteiger partial charge in [-0.1, -0.05) is 6.92 Å². The third kappa shape index (κ3) is 3.65. The molecule has 1 N–H and O–H groups in total. The Hall–Kier alpha value is -2.69. The Morgan fingerprint density at radius 1 is 1.20 bits per heavy atom. The lowest BCUT2D eigenvalue weighted by Crippen LogP contribution is -2.12. The Labute approximate surface area is 116 Å². The number of benzene rings is 1. The Morgan fingerprint density at radius 2 is 1.95 bits per heavy atom. The van der Waals surface area contributed by atoms with Crippen molar-refractivity contribution in [3.63, 3.8) is 0 Å². The van der Waals surface area contributed by atoms with Gasteiger partial charge in [0.25, 0.3) is 5.91 Å². The van der Waals surface area contributed by atoms with Crippen LogP contribution in [0.1, 0.15) is 23.7 Å². The van der Waals surface area contributed by atoms with E-state index < -0.39 is 0 Å². The maximum absolute atomic E-state index is 12.0. The summed E-state index contributed by atoms with van der Waals surface area (Å²) in [6, 6.07) is 9.87. The van der Waals surface area contributed by atoms with Crippen LogP contribution < -0.4 is 10.1 Å². The molecule has 0 saturated heterocycles. The number of aromatic nitrogens is 1. The highest BCUT2D eigenvalue weighted by atomic mass is 16.5. The van der Waals surface area contributed by atoms with Crippen molar-refractivity contribution in [3.8, 4) is 5.75 Å². The number of rotatable bonds is 4. The van der Waals surface area contributed by atoms with Gasteiger partial charge in [0.05, 0.1) is 11.9 Å². The number of ether oxygens (including phenoxy) is 1. The van der Waals surface area contributed by atoms with Gasteiger partial charge in [0.1, 0.15) is 5.75 Å². The zero-order chi connectivity index (χ0) is 14.4. The molecule has 1 heterocycles. The molecule has 5 heteroatoms. The van der Waals surface area contributed by atoms with E-state index in [-0.39, 0.29) is 11.9 Å². The molecular weight excluding hydrogens is 256 g/mol. The SMILES string of the molecule is CCC(=O)Oc1ccc(C(=O)Nc2cccnc2)cc1. The van der Waals surface area contributed by atoms with Crippen molar-refractivity contribution in [2.45, 2.75) is 13.3 Å². The molecule has 0 spiro atoms. The van der Waals surface area contributed by atoms with E-state index in [1.165, 1.54) is 0 Å². The van der Waals surface area contributed by atoms with Crippen molar-refractivity contribution in [2.24, 2.45) is 0 Å². The second kappa shape index (κ2) is 6.47. The van der Waals surface area contributed by atoms with Gasteiger partial charge in [0.15, 0.2) is 0 Å². The average Bonchev–Trinajstić information content (AvgIpc) is 2.49. The number of carbonyl (C=O) groups is 2. The van der Waals surface area contributed by atoms with Gasteiger partial charge in [-0.25, -0.2) is 0 Å². The zero-order valence-electron chi connectivity index (χ0n) is 11.0. The van der Waals surface area contributed by atoms with Gasteiger partial charge >= 0.3 is 5.97 Å². The summed E-state index contributed by atoms with van der Waals surface area (Å²) in [5.41, 5.74) is 1.10. The summed E-state index contributed by atoms with van der Waals surface area (Å²) in [7, 11) is 0. The molecule has 2 aromatic rings. The smallest absolute Gasteiger partial charge is 0.310 e. The molecule has 0 saturated carbocycles. The third-order valence-electron chi connectivity index (χ3n) is 2.56. The van der Waals surface area contributed by atoms with E-state index in [2.05, 4.69) is 10.3 Å². The van der Waals surface area contributed by atoms with Gasteiger partial charge in [-0.05, 0) is 36.4 Å². The normalized spacial score (nSPS) is 9.85. The van der Waals surface area contributed by atoms with Gasteiger partial charge in [-0.3, -0.25) is 14.6 Å². The predicted molar refractivity (Wildman–Crippen MR) is 74.6 cm³/mol. The van der Waals surface area contributed by atoms with Crippen molar-refractivity contribution < 1.29 is 14.3 Å². The molecule has 0 atom stereocenters. The van der Waals surface area contributed by atoms with Crippen molar-refractivity contribution in [2.75, 3.05) is 5.32 Å². The Bertz CT molecular complexity index is 594. The van der Waals surface area contributed by atoms with E-state index in [0.29, 0.717) is 23.4 Å². The first-order chi connectivity index (χ1) is 9.69. The molecule has 1 amide bonds. The van der Waals surface area contributed by atoms with E-state index in [4.69, 9.17) is 4.74 Å². The predicted octanol–water partition coefficient (Wildman–Crippen LogP) is 2.65. The molecule has 0 bridgehead atoms. The first-order valence-electron chi connectivity index (χ1n) is 6.21. The summed E-state index contributed by atoms with van der Waals surface area (Å²) >= 11 is 0. The fraction of sp³-hybridized carbons (Fsp3) is 0.133. The van der Waals surface area contributed by atoms with Crippen molar-refractivity contribution in [3.05, 3.63) is 54.4 Å². The molecule has 20 heavy (non-hydrogen) atoms. The van der Waals surface area contributed by atoms with Crippen LogP contribution in [0.5, 0.6) is 5.75 Å². The van der Waals surface area contributed by atoms with Gasteiger partial charge < -0.3 is 10.1 Å². The third-order valence-corrected chi connectivity index (χ3v) is 2.56. The molecule has 5 nitrogen and oxygen atoms in total. The lowest BCUT2D eigenvalue weighted by atomic mass is 10.2. The van der Waals surface area contributed by atoms with E-state index >= 15 is 0 Å². The van der Waals surface area contributed by atoms with E-state index in [0.717, 1.165) is 0 Å². The Kier molecular flexibility index (Phi) is 4.44. The molecule has 102 valence electrons. The zero-order valence-corrected chi connectivity index (χ0v) is 11.0.